The molecule has 3 rings (SSSR count). The van der Waals surface area contributed by atoms with Crippen LogP contribution < -0.4 is 5.32 Å². The Kier molecular flexibility index (Phi) is 3.96. The molecule has 0 atom stereocenters. The number of esters is 1. The maximum absolute atomic E-state index is 11.4. The van der Waals surface area contributed by atoms with Gasteiger partial charge < -0.3 is 10.1 Å². The van der Waals surface area contributed by atoms with E-state index in [1.54, 1.807) is 0 Å². The molecule has 112 valence electrons. The molecule has 0 radical (unpaired) electrons. The lowest BCUT2D eigenvalue weighted by molar-refractivity contribution is 0.0600. The van der Waals surface area contributed by atoms with Gasteiger partial charge in [0.1, 0.15) is 0 Å². The third-order valence-corrected chi connectivity index (χ3v) is 3.96. The first-order chi connectivity index (χ1) is 10.7. The molecular weight excluding hydrogens is 274 g/mol. The van der Waals surface area contributed by atoms with Gasteiger partial charge in [0, 0.05) is 11.4 Å². The average molecular weight is 293 g/mol. The summed E-state index contributed by atoms with van der Waals surface area (Å²) in [4.78, 5) is 11.4. The van der Waals surface area contributed by atoms with E-state index in [-0.39, 0.29) is 5.97 Å². The van der Waals surface area contributed by atoms with E-state index in [0.29, 0.717) is 5.56 Å². The highest BCUT2D eigenvalue weighted by Crippen LogP contribution is 2.27. The quantitative estimate of drug-likeness (QED) is 0.871. The van der Waals surface area contributed by atoms with Gasteiger partial charge in [-0.25, -0.2) is 4.79 Å². The van der Waals surface area contributed by atoms with Crippen molar-refractivity contribution in [1.29, 1.82) is 0 Å². The Morgan fingerprint density at radius 1 is 1.14 bits per heavy atom. The molecule has 1 N–H and O–H groups in total. The van der Waals surface area contributed by atoms with Crippen molar-refractivity contribution < 1.29 is 9.53 Å². The molecule has 0 bridgehead atoms. The molecule has 3 nitrogen and oxygen atoms in total. The fraction of sp³-hybridized carbons (Fsp3) is 0.211. The van der Waals surface area contributed by atoms with Gasteiger partial charge in [-0.15, -0.1) is 0 Å². The molecule has 2 aromatic rings. The number of benzene rings is 2. The van der Waals surface area contributed by atoms with Crippen LogP contribution in [0, 0.1) is 0 Å². The number of carbonyl (C=O) groups excluding carboxylic acids is 1. The van der Waals surface area contributed by atoms with Gasteiger partial charge in [0.05, 0.1) is 12.7 Å². The Labute approximate surface area is 130 Å². The number of hydrogen-bond donors (Lipinski definition) is 1. The van der Waals surface area contributed by atoms with E-state index in [0.717, 1.165) is 25.0 Å². The third-order valence-electron chi connectivity index (χ3n) is 3.96. The molecule has 2 aromatic carbocycles. The Balaban J connectivity index is 1.76. The summed E-state index contributed by atoms with van der Waals surface area (Å²) in [5.41, 5.74) is 6.63. The van der Waals surface area contributed by atoms with E-state index < -0.39 is 0 Å². The van der Waals surface area contributed by atoms with Crippen molar-refractivity contribution >= 4 is 11.7 Å². The summed E-state index contributed by atoms with van der Waals surface area (Å²) >= 11 is 0. The summed E-state index contributed by atoms with van der Waals surface area (Å²) in [5.74, 6) is -0.299. The van der Waals surface area contributed by atoms with Crippen LogP contribution in [0.2, 0.25) is 0 Å². The zero-order valence-electron chi connectivity index (χ0n) is 12.7. The number of carbonyl (C=O) groups is 1. The fourth-order valence-electron chi connectivity index (χ4n) is 2.74. The van der Waals surface area contributed by atoms with Crippen LogP contribution in [0.5, 0.6) is 0 Å². The number of anilines is 1. The van der Waals surface area contributed by atoms with Crippen LogP contribution in [0.25, 0.3) is 0 Å². The summed E-state index contributed by atoms with van der Waals surface area (Å²) in [6.07, 6.45) is 2.89. The summed E-state index contributed by atoms with van der Waals surface area (Å²) in [7, 11) is 1.39. The predicted molar refractivity (Wildman–Crippen MR) is 88.1 cm³/mol. The normalized spacial score (nSPS) is 13.2. The molecule has 1 aliphatic heterocycles. The molecule has 1 aliphatic rings. The van der Waals surface area contributed by atoms with Gasteiger partial charge >= 0.3 is 5.97 Å². The van der Waals surface area contributed by atoms with Gasteiger partial charge in [0.2, 0.25) is 0 Å². The molecule has 0 saturated heterocycles. The lowest BCUT2D eigenvalue weighted by atomic mass is 9.96. The number of methoxy groups -OCH3 is 1. The first-order valence-corrected chi connectivity index (χ1v) is 7.39. The maximum atomic E-state index is 11.4. The molecule has 0 saturated carbocycles. The van der Waals surface area contributed by atoms with Gasteiger partial charge in [0.25, 0.3) is 0 Å². The summed E-state index contributed by atoms with van der Waals surface area (Å²) < 4.78 is 4.71. The molecule has 1 heterocycles. The number of nitrogens with one attached hydrogen (secondary N) is 1. The van der Waals surface area contributed by atoms with Crippen LogP contribution >= 0.6 is 0 Å². The van der Waals surface area contributed by atoms with Gasteiger partial charge in [-0.1, -0.05) is 30.8 Å². The van der Waals surface area contributed by atoms with Crippen LogP contribution in [-0.4, -0.2) is 13.1 Å². The van der Waals surface area contributed by atoms with Gasteiger partial charge in [-0.2, -0.15) is 0 Å². The molecule has 0 aliphatic carbocycles. The minimum absolute atomic E-state index is 0.299. The van der Waals surface area contributed by atoms with Gasteiger partial charge in [-0.05, 0) is 54.2 Å². The zero-order chi connectivity index (χ0) is 15.5. The second kappa shape index (κ2) is 6.06. The number of allylic oxidation sites excluding steroid dienone is 1. The number of ether oxygens (including phenoxy) is 1. The van der Waals surface area contributed by atoms with Crippen molar-refractivity contribution in [3.63, 3.8) is 0 Å². The lowest BCUT2D eigenvalue weighted by Gasteiger charge is -2.20. The van der Waals surface area contributed by atoms with E-state index in [4.69, 9.17) is 4.74 Å². The first kappa shape index (κ1) is 14.4. The Bertz CT molecular complexity index is 717. The molecular formula is C19H19NO2. The van der Waals surface area contributed by atoms with E-state index >= 15 is 0 Å². The molecule has 3 heteroatoms. The summed E-state index contributed by atoms with van der Waals surface area (Å²) in [6, 6.07) is 14.1. The molecule has 0 unspecified atom stereocenters. The van der Waals surface area contributed by atoms with Crippen molar-refractivity contribution in [2.24, 2.45) is 0 Å². The highest BCUT2D eigenvalue weighted by molar-refractivity contribution is 5.89. The van der Waals surface area contributed by atoms with Crippen LogP contribution in [0.3, 0.4) is 0 Å². The van der Waals surface area contributed by atoms with Crippen molar-refractivity contribution in [3.8, 4) is 0 Å². The van der Waals surface area contributed by atoms with Crippen molar-refractivity contribution in [2.45, 2.75) is 19.3 Å². The monoisotopic (exact) mass is 293 g/mol. The Morgan fingerprint density at radius 2 is 1.86 bits per heavy atom. The van der Waals surface area contributed by atoms with Crippen LogP contribution in [0.4, 0.5) is 5.69 Å². The standard InChI is InChI=1S/C19H19NO2/c1-13-3-7-17-12-15(6-10-18(17)20-13)11-14-4-8-16(9-5-14)19(21)22-2/h4-6,8-10,12,20H,1,3,7,11H2,2H3. The van der Waals surface area contributed by atoms with Crippen molar-refractivity contribution in [3.05, 3.63) is 77.0 Å². The maximum Gasteiger partial charge on any atom is 0.337 e. The van der Waals surface area contributed by atoms with Crippen LogP contribution in [-0.2, 0) is 17.6 Å². The van der Waals surface area contributed by atoms with Gasteiger partial charge in [-0.3, -0.25) is 0 Å². The summed E-state index contributed by atoms with van der Waals surface area (Å²) in [6.45, 7) is 3.98. The minimum atomic E-state index is -0.299. The lowest BCUT2D eigenvalue weighted by Crippen LogP contribution is -2.09. The topological polar surface area (TPSA) is 38.3 Å². The zero-order valence-corrected chi connectivity index (χ0v) is 12.7. The molecule has 0 fully saturated rings. The summed E-state index contributed by atoms with van der Waals surface area (Å²) in [5, 5.41) is 3.33. The molecule has 0 spiro atoms. The smallest absolute Gasteiger partial charge is 0.337 e. The van der Waals surface area contributed by atoms with E-state index in [1.807, 2.05) is 24.3 Å². The SMILES string of the molecule is C=C1CCc2cc(Cc3ccc(C(=O)OC)cc3)ccc2N1. The van der Waals surface area contributed by atoms with Crippen molar-refractivity contribution in [1.82, 2.24) is 0 Å². The predicted octanol–water partition coefficient (Wildman–Crippen LogP) is 3.94. The van der Waals surface area contributed by atoms with Crippen LogP contribution in [0.15, 0.2) is 54.7 Å². The molecule has 0 amide bonds. The molecule has 22 heavy (non-hydrogen) atoms. The Hall–Kier alpha value is -2.55. The van der Waals surface area contributed by atoms with Crippen molar-refractivity contribution in [2.75, 3.05) is 12.4 Å². The number of aryl methyl sites for hydroxylation is 1. The van der Waals surface area contributed by atoms with E-state index in [2.05, 4.69) is 30.1 Å². The van der Waals surface area contributed by atoms with E-state index in [1.165, 1.54) is 29.5 Å². The highest BCUT2D eigenvalue weighted by Gasteiger charge is 2.11. The second-order valence-electron chi connectivity index (χ2n) is 5.59. The van der Waals surface area contributed by atoms with E-state index in [9.17, 15) is 4.79 Å². The third kappa shape index (κ3) is 3.03. The average Bonchev–Trinajstić information content (AvgIpc) is 2.55. The highest BCUT2D eigenvalue weighted by atomic mass is 16.5. The largest absolute Gasteiger partial charge is 0.465 e. The number of fused-ring (bicyclic) bond motifs is 1. The van der Waals surface area contributed by atoms with Crippen LogP contribution in [0.1, 0.15) is 33.5 Å². The Morgan fingerprint density at radius 3 is 2.59 bits per heavy atom. The second-order valence-corrected chi connectivity index (χ2v) is 5.59. The number of rotatable bonds is 3. The first-order valence-electron chi connectivity index (χ1n) is 7.39. The molecule has 0 aromatic heterocycles. The number of hydrogen-bond acceptors (Lipinski definition) is 3. The van der Waals surface area contributed by atoms with Gasteiger partial charge in [0.15, 0.2) is 0 Å². The minimum Gasteiger partial charge on any atom is -0.465 e. The fourth-order valence-corrected chi connectivity index (χ4v) is 2.74.